The minimum absolute atomic E-state index is 0.800. The third kappa shape index (κ3) is 2.05. The normalized spacial score (nSPS) is 9.85. The van der Waals surface area contributed by atoms with Gasteiger partial charge in [0.05, 0.1) is 11.4 Å². The van der Waals surface area contributed by atoms with Crippen LogP contribution in [0.1, 0.15) is 0 Å². The fraction of sp³-hybridized carbons (Fsp3) is 0.400. The smallest absolute Gasteiger partial charge is 0.0619 e. The summed E-state index contributed by atoms with van der Waals surface area (Å²) in [6, 6.07) is 5.93. The van der Waals surface area contributed by atoms with Crippen molar-refractivity contribution in [3.8, 4) is 0 Å². The number of rotatable bonds is 2. The predicted octanol–water partition coefficient (Wildman–Crippen LogP) is 1.40. The summed E-state index contributed by atoms with van der Waals surface area (Å²) in [6.45, 7) is 0. The highest BCUT2D eigenvalue weighted by Gasteiger charge is 2.05. The monoisotopic (exact) mass is 179 g/mol. The molecule has 0 saturated heterocycles. The van der Waals surface area contributed by atoms with Crippen LogP contribution in [0.25, 0.3) is 0 Å². The highest BCUT2D eigenvalue weighted by molar-refractivity contribution is 5.74. The Bertz CT molecular complexity index is 292. The fourth-order valence-electron chi connectivity index (χ4n) is 1.28. The molecule has 1 aromatic rings. The zero-order chi connectivity index (χ0) is 10.0. The Kier molecular flexibility index (Phi) is 2.66. The molecule has 0 fully saturated rings. The molecule has 0 spiro atoms. The molecule has 1 rings (SSSR count). The number of nitrogens with two attached hydrogens (primary N) is 1. The van der Waals surface area contributed by atoms with E-state index in [9.17, 15) is 0 Å². The molecule has 0 aliphatic rings. The number of nitrogen functional groups attached to an aromatic ring is 1. The Morgan fingerprint density at radius 2 is 1.46 bits per heavy atom. The third-order valence-corrected chi connectivity index (χ3v) is 1.96. The van der Waals surface area contributed by atoms with Crippen LogP contribution in [0.4, 0.5) is 17.1 Å². The first-order valence-electron chi connectivity index (χ1n) is 4.26. The van der Waals surface area contributed by atoms with Crippen LogP contribution in [-0.4, -0.2) is 28.2 Å². The van der Waals surface area contributed by atoms with Gasteiger partial charge < -0.3 is 15.5 Å². The molecule has 0 aromatic heterocycles. The van der Waals surface area contributed by atoms with Gasteiger partial charge in [-0.05, 0) is 18.2 Å². The predicted molar refractivity (Wildman–Crippen MR) is 59.5 cm³/mol. The van der Waals surface area contributed by atoms with Gasteiger partial charge in [-0.3, -0.25) is 0 Å². The Hall–Kier alpha value is -1.38. The van der Waals surface area contributed by atoms with Gasteiger partial charge in [0.1, 0.15) is 0 Å². The van der Waals surface area contributed by atoms with Crippen molar-refractivity contribution in [1.82, 2.24) is 0 Å². The standard InChI is InChI=1S/C10H17N3/c1-12(2)9-6-5-8(11)7-10(9)13(3)4/h5-7H,11H2,1-4H3. The van der Waals surface area contributed by atoms with E-state index >= 15 is 0 Å². The van der Waals surface area contributed by atoms with Crippen molar-refractivity contribution >= 4 is 17.1 Å². The van der Waals surface area contributed by atoms with Crippen LogP contribution >= 0.6 is 0 Å². The van der Waals surface area contributed by atoms with Crippen molar-refractivity contribution in [3.63, 3.8) is 0 Å². The molecule has 0 atom stereocenters. The maximum absolute atomic E-state index is 5.72. The lowest BCUT2D eigenvalue weighted by Gasteiger charge is -2.22. The van der Waals surface area contributed by atoms with Crippen LogP contribution in [0.3, 0.4) is 0 Å². The second-order valence-corrected chi connectivity index (χ2v) is 3.54. The molecule has 13 heavy (non-hydrogen) atoms. The molecular weight excluding hydrogens is 162 g/mol. The van der Waals surface area contributed by atoms with Crippen LogP contribution in [0.15, 0.2) is 18.2 Å². The fourth-order valence-corrected chi connectivity index (χ4v) is 1.28. The van der Waals surface area contributed by atoms with E-state index in [0.29, 0.717) is 0 Å². The lowest BCUT2D eigenvalue weighted by Crippen LogP contribution is -2.16. The van der Waals surface area contributed by atoms with E-state index in [-0.39, 0.29) is 0 Å². The van der Waals surface area contributed by atoms with E-state index in [2.05, 4.69) is 9.80 Å². The quantitative estimate of drug-likeness (QED) is 0.696. The van der Waals surface area contributed by atoms with Crippen LogP contribution in [0.2, 0.25) is 0 Å². The van der Waals surface area contributed by atoms with Gasteiger partial charge in [0.15, 0.2) is 0 Å². The summed E-state index contributed by atoms with van der Waals surface area (Å²) in [5.74, 6) is 0. The molecule has 2 N–H and O–H groups in total. The summed E-state index contributed by atoms with van der Waals surface area (Å²) in [7, 11) is 8.08. The lowest BCUT2D eigenvalue weighted by atomic mass is 10.2. The summed E-state index contributed by atoms with van der Waals surface area (Å²) in [6.07, 6.45) is 0. The number of hydrogen-bond donors (Lipinski definition) is 1. The van der Waals surface area contributed by atoms with Crippen molar-refractivity contribution in [2.24, 2.45) is 0 Å². The average molecular weight is 179 g/mol. The van der Waals surface area contributed by atoms with Gasteiger partial charge >= 0.3 is 0 Å². The van der Waals surface area contributed by atoms with Gasteiger partial charge in [-0.25, -0.2) is 0 Å². The summed E-state index contributed by atoms with van der Waals surface area (Å²) in [5, 5.41) is 0. The van der Waals surface area contributed by atoms with Gasteiger partial charge in [-0.1, -0.05) is 0 Å². The average Bonchev–Trinajstić information content (AvgIpc) is 2.03. The molecule has 3 heteroatoms. The molecule has 0 aliphatic carbocycles. The molecule has 0 radical (unpaired) electrons. The lowest BCUT2D eigenvalue weighted by molar-refractivity contribution is 1.08. The molecule has 72 valence electrons. The molecular formula is C10H17N3. The SMILES string of the molecule is CN(C)c1ccc(N)cc1N(C)C. The van der Waals surface area contributed by atoms with E-state index in [4.69, 9.17) is 5.73 Å². The number of nitrogens with zero attached hydrogens (tertiary/aromatic N) is 2. The molecule has 0 amide bonds. The molecule has 1 aromatic carbocycles. The first-order chi connectivity index (χ1) is 6.02. The zero-order valence-corrected chi connectivity index (χ0v) is 8.70. The third-order valence-electron chi connectivity index (χ3n) is 1.96. The Balaban J connectivity index is 3.19. The van der Waals surface area contributed by atoms with Crippen LogP contribution in [0, 0.1) is 0 Å². The Morgan fingerprint density at radius 3 is 1.92 bits per heavy atom. The molecule has 0 saturated carbocycles. The molecule has 0 unspecified atom stereocenters. The van der Waals surface area contributed by atoms with Crippen molar-refractivity contribution in [3.05, 3.63) is 18.2 Å². The Labute approximate surface area is 79.8 Å². The second kappa shape index (κ2) is 3.56. The maximum Gasteiger partial charge on any atom is 0.0619 e. The molecule has 0 aliphatic heterocycles. The number of anilines is 3. The van der Waals surface area contributed by atoms with E-state index in [1.54, 1.807) is 0 Å². The van der Waals surface area contributed by atoms with Crippen LogP contribution in [-0.2, 0) is 0 Å². The summed E-state index contributed by atoms with van der Waals surface area (Å²) < 4.78 is 0. The van der Waals surface area contributed by atoms with Gasteiger partial charge in [-0.2, -0.15) is 0 Å². The maximum atomic E-state index is 5.72. The second-order valence-electron chi connectivity index (χ2n) is 3.54. The highest BCUT2D eigenvalue weighted by Crippen LogP contribution is 2.28. The van der Waals surface area contributed by atoms with E-state index < -0.39 is 0 Å². The zero-order valence-electron chi connectivity index (χ0n) is 8.70. The van der Waals surface area contributed by atoms with Crippen molar-refractivity contribution in [2.45, 2.75) is 0 Å². The van der Waals surface area contributed by atoms with E-state index in [1.165, 1.54) is 5.69 Å². The van der Waals surface area contributed by atoms with Gasteiger partial charge in [0.2, 0.25) is 0 Å². The minimum atomic E-state index is 0.800. The van der Waals surface area contributed by atoms with Gasteiger partial charge in [-0.15, -0.1) is 0 Å². The van der Waals surface area contributed by atoms with E-state index in [1.807, 2.05) is 46.4 Å². The number of benzene rings is 1. The Morgan fingerprint density at radius 1 is 0.923 bits per heavy atom. The minimum Gasteiger partial charge on any atom is -0.399 e. The first kappa shape index (κ1) is 9.71. The van der Waals surface area contributed by atoms with Crippen molar-refractivity contribution in [2.75, 3.05) is 43.7 Å². The topological polar surface area (TPSA) is 32.5 Å². The van der Waals surface area contributed by atoms with E-state index in [0.717, 1.165) is 11.4 Å². The molecule has 3 nitrogen and oxygen atoms in total. The molecule has 0 bridgehead atoms. The summed E-state index contributed by atoms with van der Waals surface area (Å²) in [5.41, 5.74) is 8.84. The van der Waals surface area contributed by atoms with Crippen LogP contribution in [0.5, 0.6) is 0 Å². The largest absolute Gasteiger partial charge is 0.399 e. The van der Waals surface area contributed by atoms with Crippen molar-refractivity contribution < 1.29 is 0 Å². The molecule has 0 heterocycles. The highest BCUT2D eigenvalue weighted by atomic mass is 15.1. The summed E-state index contributed by atoms with van der Waals surface area (Å²) >= 11 is 0. The first-order valence-corrected chi connectivity index (χ1v) is 4.26. The number of hydrogen-bond acceptors (Lipinski definition) is 3. The van der Waals surface area contributed by atoms with Crippen molar-refractivity contribution in [1.29, 1.82) is 0 Å². The van der Waals surface area contributed by atoms with Gasteiger partial charge in [0.25, 0.3) is 0 Å². The summed E-state index contributed by atoms with van der Waals surface area (Å²) in [4.78, 5) is 4.14. The van der Waals surface area contributed by atoms with Gasteiger partial charge in [0, 0.05) is 33.9 Å². The van der Waals surface area contributed by atoms with Crippen LogP contribution < -0.4 is 15.5 Å².